The van der Waals surface area contributed by atoms with Gasteiger partial charge in [0.2, 0.25) is 0 Å². The molecule has 2 aromatic rings. The van der Waals surface area contributed by atoms with Crippen molar-refractivity contribution in [1.29, 1.82) is 0 Å². The van der Waals surface area contributed by atoms with Crippen LogP contribution in [0.3, 0.4) is 0 Å². The van der Waals surface area contributed by atoms with Crippen LogP contribution >= 0.6 is 0 Å². The first kappa shape index (κ1) is 27.0. The molecule has 0 bridgehead atoms. The van der Waals surface area contributed by atoms with Crippen LogP contribution in [0.5, 0.6) is 0 Å². The summed E-state index contributed by atoms with van der Waals surface area (Å²) < 4.78 is 5.57. The van der Waals surface area contributed by atoms with Gasteiger partial charge in [-0.25, -0.2) is 0 Å². The Morgan fingerprint density at radius 2 is 1.12 bits per heavy atom. The van der Waals surface area contributed by atoms with Crippen molar-refractivity contribution in [2.45, 2.75) is 79.7 Å². The van der Waals surface area contributed by atoms with Crippen molar-refractivity contribution in [2.75, 3.05) is 0 Å². The topological polar surface area (TPSA) is 0 Å². The molecule has 1 fully saturated rings. The predicted molar refractivity (Wildman–Crippen MR) is 133 cm³/mol. The normalized spacial score (nSPS) is 21.6. The van der Waals surface area contributed by atoms with E-state index >= 15 is 0 Å². The van der Waals surface area contributed by atoms with Crippen molar-refractivity contribution in [1.82, 2.24) is 0 Å². The first-order chi connectivity index (χ1) is 15.2. The summed E-state index contributed by atoms with van der Waals surface area (Å²) in [5.41, 5.74) is 6.08. The minimum absolute atomic E-state index is 0. The van der Waals surface area contributed by atoms with E-state index in [9.17, 15) is 0 Å². The molecule has 0 aromatic heterocycles. The Morgan fingerprint density at radius 1 is 0.697 bits per heavy atom. The number of hydrogen-bond acceptors (Lipinski definition) is 0. The van der Waals surface area contributed by atoms with Gasteiger partial charge in [0.25, 0.3) is 0 Å². The number of allylic oxidation sites excluding steroid dienone is 2. The molecule has 2 aliphatic carbocycles. The van der Waals surface area contributed by atoms with Crippen molar-refractivity contribution < 1.29 is 45.1 Å². The van der Waals surface area contributed by atoms with Crippen molar-refractivity contribution in [3.8, 4) is 0 Å². The van der Waals surface area contributed by atoms with Crippen LogP contribution in [0.4, 0.5) is 0 Å². The summed E-state index contributed by atoms with van der Waals surface area (Å²) >= 11 is -1.97. The van der Waals surface area contributed by atoms with E-state index in [4.69, 9.17) is 0 Å². The summed E-state index contributed by atoms with van der Waals surface area (Å²) in [7, 11) is 0. The second kappa shape index (κ2) is 11.9. The maximum atomic E-state index is 2.50. The maximum absolute atomic E-state index is 2.50. The largest absolute Gasteiger partial charge is 1.00 e. The van der Waals surface area contributed by atoms with Gasteiger partial charge < -0.3 is 24.8 Å². The summed E-state index contributed by atoms with van der Waals surface area (Å²) in [5, 5.41) is 0. The zero-order valence-corrected chi connectivity index (χ0v) is 24.1. The van der Waals surface area contributed by atoms with E-state index in [-0.39, 0.29) is 24.8 Å². The molecule has 5 rings (SSSR count). The zero-order valence-electron chi connectivity index (χ0n) is 20.2. The summed E-state index contributed by atoms with van der Waals surface area (Å²) in [6.45, 7) is 5.01. The Kier molecular flexibility index (Phi) is 9.71. The fourth-order valence-corrected chi connectivity index (χ4v) is 25.2. The standard InChI is InChI=1S/2C14H17.C2H4.2ClH.Zr/c2*1-2-3-4-7-12-10-11-13-8-5-6-9-14(12)13;1-2;;;/h2*3,5-6,8-12H,2,4,7H2,1H3;1-2H2;2*1H;/q;;;;;+2/p-2. The molecule has 1 aliphatic heterocycles. The first-order valence-corrected chi connectivity index (χ1v) is 19.1. The van der Waals surface area contributed by atoms with Gasteiger partial charge in [-0.1, -0.05) is 0 Å². The second-order valence-corrected chi connectivity index (χ2v) is 22.8. The molecule has 0 radical (unpaired) electrons. The molecule has 33 heavy (non-hydrogen) atoms. The molecule has 3 aliphatic rings. The molecule has 3 heteroatoms. The first-order valence-electron chi connectivity index (χ1n) is 12.8. The number of rotatable bonds is 10. The third kappa shape index (κ3) is 5.47. The monoisotopic (exact) mass is 558 g/mol. The molecule has 0 spiro atoms. The summed E-state index contributed by atoms with van der Waals surface area (Å²) in [5.74, 6) is 1.35. The van der Waals surface area contributed by atoms with Crippen molar-refractivity contribution in [2.24, 2.45) is 0 Å². The van der Waals surface area contributed by atoms with Crippen molar-refractivity contribution in [3.05, 3.63) is 82.9 Å². The van der Waals surface area contributed by atoms with Crippen LogP contribution < -0.4 is 24.8 Å². The predicted octanol–water partition coefficient (Wildman–Crippen LogP) is 3.58. The molecule has 176 valence electrons. The van der Waals surface area contributed by atoms with Crippen molar-refractivity contribution in [3.63, 3.8) is 0 Å². The smallest absolute Gasteiger partial charge is 1.00 e. The van der Waals surface area contributed by atoms with E-state index in [1.165, 1.54) is 49.7 Å². The van der Waals surface area contributed by atoms with Gasteiger partial charge in [-0.3, -0.25) is 0 Å². The third-order valence-electron chi connectivity index (χ3n) is 8.90. The minimum Gasteiger partial charge on any atom is -1.00 e. The van der Waals surface area contributed by atoms with Gasteiger partial charge >= 0.3 is 195 Å². The van der Waals surface area contributed by atoms with Gasteiger partial charge in [-0.05, 0) is 0 Å². The molecule has 0 N–H and O–H groups in total. The SMILES string of the molecule is CC[CH](CCC1C=Cc2ccccc21)[Zr+2]1([CH](CC)CCC2C=Cc3ccccc32)[CH2][CH2]1.[Cl-].[Cl-]. The molecular formula is C30H38Cl2Zr. The van der Waals surface area contributed by atoms with Crippen LogP contribution in [-0.2, 0) is 20.3 Å². The number of fused-ring (bicyclic) bond motifs is 2. The van der Waals surface area contributed by atoms with Crippen LogP contribution in [0.1, 0.15) is 86.5 Å². The van der Waals surface area contributed by atoms with E-state index in [0.717, 1.165) is 7.25 Å². The van der Waals surface area contributed by atoms with E-state index in [0.29, 0.717) is 11.8 Å². The number of benzene rings is 2. The summed E-state index contributed by atoms with van der Waals surface area (Å²) in [6.07, 6.45) is 18.3. The fraction of sp³-hybridized carbons (Fsp3) is 0.467. The van der Waals surface area contributed by atoms with Crippen LogP contribution in [0.15, 0.2) is 60.7 Å². The molecular weight excluding hydrogens is 522 g/mol. The zero-order chi connectivity index (χ0) is 21.3. The average Bonchev–Trinajstić information content (AvgIpc) is 3.33. The molecule has 4 atom stereocenters. The van der Waals surface area contributed by atoms with Gasteiger partial charge in [-0.2, -0.15) is 0 Å². The van der Waals surface area contributed by atoms with Gasteiger partial charge in [0.1, 0.15) is 0 Å². The molecule has 1 heterocycles. The van der Waals surface area contributed by atoms with Gasteiger partial charge in [0.15, 0.2) is 0 Å². The van der Waals surface area contributed by atoms with Crippen LogP contribution in [0.2, 0.25) is 15.5 Å². The second-order valence-electron chi connectivity index (χ2n) is 10.3. The minimum atomic E-state index is -1.97. The maximum Gasteiger partial charge on any atom is -1.00 e. The van der Waals surface area contributed by atoms with E-state index in [1.807, 2.05) is 0 Å². The number of hydrogen-bond donors (Lipinski definition) is 0. The molecule has 2 aromatic carbocycles. The fourth-order valence-electron chi connectivity index (χ4n) is 7.00. The van der Waals surface area contributed by atoms with Gasteiger partial charge in [0.05, 0.1) is 0 Å². The van der Waals surface area contributed by atoms with Crippen LogP contribution in [0.25, 0.3) is 12.2 Å². The Balaban J connectivity index is 0.00000153. The van der Waals surface area contributed by atoms with Gasteiger partial charge in [-0.15, -0.1) is 0 Å². The third-order valence-corrected chi connectivity index (χ3v) is 24.4. The molecule has 0 amide bonds. The Labute approximate surface area is 218 Å². The number of halogens is 2. The van der Waals surface area contributed by atoms with E-state index in [1.54, 1.807) is 19.4 Å². The average molecular weight is 561 g/mol. The summed E-state index contributed by atoms with van der Waals surface area (Å²) in [4.78, 5) is 0. The van der Waals surface area contributed by atoms with E-state index in [2.05, 4.69) is 86.7 Å². The molecule has 0 saturated carbocycles. The Hall–Kier alpha value is -0.617. The van der Waals surface area contributed by atoms with E-state index < -0.39 is 20.3 Å². The van der Waals surface area contributed by atoms with Gasteiger partial charge in [0, 0.05) is 0 Å². The molecule has 4 unspecified atom stereocenters. The molecule has 1 saturated heterocycles. The van der Waals surface area contributed by atoms with Crippen LogP contribution in [-0.4, -0.2) is 0 Å². The summed E-state index contributed by atoms with van der Waals surface area (Å²) in [6, 6.07) is 18.1. The Morgan fingerprint density at radius 3 is 1.52 bits per heavy atom. The Bertz CT molecular complexity index is 899. The van der Waals surface area contributed by atoms with Crippen molar-refractivity contribution >= 4 is 12.2 Å². The molecule has 0 nitrogen and oxygen atoms in total. The van der Waals surface area contributed by atoms with Crippen LogP contribution in [0, 0.1) is 0 Å². The quantitative estimate of drug-likeness (QED) is 0.417.